The molecule has 4 unspecified atom stereocenters. The molecule has 18 rings (SSSR count). The maximum atomic E-state index is 17.9. The Morgan fingerprint density at radius 1 is 0.308 bits per heavy atom. The van der Waals surface area contributed by atoms with E-state index in [2.05, 4.69) is 184 Å². The van der Waals surface area contributed by atoms with Crippen molar-refractivity contribution in [2.75, 3.05) is 9.80 Å². The van der Waals surface area contributed by atoms with E-state index in [4.69, 9.17) is 0 Å². The Balaban J connectivity index is 0.890. The third kappa shape index (κ3) is 9.00. The summed E-state index contributed by atoms with van der Waals surface area (Å²) in [6.07, 6.45) is 3.63. The summed E-state index contributed by atoms with van der Waals surface area (Å²) in [5.74, 6) is -7.20. The first-order valence-corrected chi connectivity index (χ1v) is 35.3. The molecule has 4 aliphatic rings. The van der Waals surface area contributed by atoms with Crippen molar-refractivity contribution in [3.05, 3.63) is 421 Å². The molecule has 14 aromatic carbocycles. The lowest BCUT2D eigenvalue weighted by atomic mass is 9.66. The van der Waals surface area contributed by atoms with E-state index >= 15 is 26.3 Å². The Morgan fingerprint density at radius 3 is 1.05 bits per heavy atom. The monoisotopic (exact) mass is 1380 g/mol. The smallest absolute Gasteiger partial charge is 0.185 e. The van der Waals surface area contributed by atoms with Gasteiger partial charge in [-0.25, -0.2) is 26.3 Å². The van der Waals surface area contributed by atoms with Gasteiger partial charge in [0.2, 0.25) is 0 Å². The number of rotatable bonds is 12. The van der Waals surface area contributed by atoms with Crippen LogP contribution >= 0.6 is 9.24 Å². The molecule has 0 amide bonds. The van der Waals surface area contributed by atoms with E-state index < -0.39 is 56.8 Å². The minimum atomic E-state index is -1.38. The summed E-state index contributed by atoms with van der Waals surface area (Å²) < 4.78 is 103. The molecule has 9 heteroatoms. The third-order valence-electron chi connectivity index (χ3n) is 22.5. The number of anilines is 6. The van der Waals surface area contributed by atoms with Gasteiger partial charge >= 0.3 is 0 Å². The Morgan fingerprint density at radius 2 is 0.654 bits per heavy atom. The first kappa shape index (κ1) is 64.3. The van der Waals surface area contributed by atoms with Gasteiger partial charge in [0.05, 0.1) is 21.9 Å². The van der Waals surface area contributed by atoms with Gasteiger partial charge in [0.1, 0.15) is 11.5 Å². The molecule has 502 valence electrons. The molecule has 4 aliphatic carbocycles. The largest absolute Gasteiger partial charge is 0.307 e. The maximum Gasteiger partial charge on any atom is 0.185 e. The molecular weight excluding hydrogens is 1310 g/mol. The Bertz CT molecular complexity index is 6000. The molecule has 0 bridgehead atoms. The van der Waals surface area contributed by atoms with E-state index in [9.17, 15) is 0 Å². The van der Waals surface area contributed by atoms with Crippen molar-refractivity contribution in [2.24, 2.45) is 0 Å². The summed E-state index contributed by atoms with van der Waals surface area (Å²) in [6.45, 7) is 16.5. The minimum absolute atomic E-state index is 0.175. The predicted molar refractivity (Wildman–Crippen MR) is 415 cm³/mol. The number of fused-ring (bicyclic) bond motifs is 16. The number of nitrogens with zero attached hydrogens (tertiary/aromatic N) is 2. The Kier molecular flexibility index (Phi) is 14.8. The van der Waals surface area contributed by atoms with Crippen LogP contribution < -0.4 is 15.1 Å². The highest BCUT2D eigenvalue weighted by atomic mass is 31.0. The summed E-state index contributed by atoms with van der Waals surface area (Å²) >= 11 is 0. The van der Waals surface area contributed by atoms with Crippen LogP contribution in [-0.4, -0.2) is 0 Å². The highest BCUT2D eigenvalue weighted by molar-refractivity contribution is 7.27. The second-order valence-electron chi connectivity index (χ2n) is 28.0. The second-order valence-corrected chi connectivity index (χ2v) is 28.6. The summed E-state index contributed by atoms with van der Waals surface area (Å²) in [5.41, 5.74) is 21.7. The van der Waals surface area contributed by atoms with Crippen molar-refractivity contribution in [2.45, 2.75) is 43.9 Å². The van der Waals surface area contributed by atoms with Crippen LogP contribution in [0.15, 0.2) is 286 Å². The fourth-order valence-electron chi connectivity index (χ4n) is 18.1. The van der Waals surface area contributed by atoms with Crippen molar-refractivity contribution in [3.63, 3.8) is 0 Å². The van der Waals surface area contributed by atoms with Crippen LogP contribution in [0.1, 0.15) is 100 Å². The van der Waals surface area contributed by atoms with Gasteiger partial charge in [-0.3, -0.25) is 0 Å². The zero-order valence-corrected chi connectivity index (χ0v) is 58.4. The molecule has 0 saturated carbocycles. The van der Waals surface area contributed by atoms with E-state index in [0.29, 0.717) is 28.8 Å². The summed E-state index contributed by atoms with van der Waals surface area (Å²) in [6, 6.07) is 88.6. The standard InChI is InChI=1S/C95H65F6N2P/c1-7-58-29-33-60(34-30-58)93(79-45-54(3)25-27-56(79)5)75-21-13-9-17-67(75)71-41-37-63(49-81(71)93)102(87-48-62(96)47-85(97)89(87)99)64-38-42-73-69-19-11-15-23-77(69)95(83(73)50-64)78-24-16-12-20-70(78)74-44-40-66(52-84(74)95)103(92-90(100)86(98)53-88(104)91(92)101)65-39-43-72-68-18-10-14-22-76(68)94(82(72)51-65,61-35-31-59(8-2)32-36-61)80-46-55(4)26-28-57(80)6/h7-53H,1-2,104H2,3-6H3. The maximum absolute atomic E-state index is 17.9. The van der Waals surface area contributed by atoms with Crippen LogP contribution in [0.25, 0.3) is 56.7 Å². The van der Waals surface area contributed by atoms with Gasteiger partial charge in [0.25, 0.3) is 0 Å². The van der Waals surface area contributed by atoms with E-state index in [-0.39, 0.29) is 11.0 Å². The Hall–Kier alpha value is -11.8. The molecule has 4 atom stereocenters. The van der Waals surface area contributed by atoms with Gasteiger partial charge in [-0.05, 0) is 216 Å². The normalized spacial score (nSPS) is 16.6. The summed E-state index contributed by atoms with van der Waals surface area (Å²) in [5, 5.41) is -0.175. The van der Waals surface area contributed by atoms with E-state index in [1.54, 1.807) is 4.90 Å². The second kappa shape index (κ2) is 23.9. The van der Waals surface area contributed by atoms with Gasteiger partial charge in [-0.15, -0.1) is 9.24 Å². The number of hydrogen-bond donors (Lipinski definition) is 0. The molecule has 0 heterocycles. The molecule has 1 spiro atoms. The van der Waals surface area contributed by atoms with Crippen molar-refractivity contribution >= 4 is 60.8 Å². The molecule has 104 heavy (non-hydrogen) atoms. The van der Waals surface area contributed by atoms with Gasteiger partial charge in [-0.2, -0.15) is 0 Å². The molecular formula is C95H65F6N2P. The molecule has 14 aromatic rings. The van der Waals surface area contributed by atoms with Crippen LogP contribution in [-0.2, 0) is 16.2 Å². The number of hydrogen-bond acceptors (Lipinski definition) is 2. The average molecular weight is 1380 g/mol. The van der Waals surface area contributed by atoms with Crippen LogP contribution in [0.4, 0.5) is 60.5 Å². The highest BCUT2D eigenvalue weighted by Gasteiger charge is 2.54. The van der Waals surface area contributed by atoms with E-state index in [1.807, 2.05) is 133 Å². The Labute approximate surface area is 603 Å². The van der Waals surface area contributed by atoms with Crippen molar-refractivity contribution in [1.82, 2.24) is 0 Å². The first-order valence-electron chi connectivity index (χ1n) is 34.8. The van der Waals surface area contributed by atoms with Crippen LogP contribution in [0.2, 0.25) is 0 Å². The van der Waals surface area contributed by atoms with E-state index in [0.717, 1.165) is 157 Å². The van der Waals surface area contributed by atoms with Gasteiger partial charge in [0.15, 0.2) is 29.1 Å². The number of benzene rings is 14. The average Bonchev–Trinajstić information content (AvgIpc) is 1.51. The quantitative estimate of drug-likeness (QED) is 0.0683. The van der Waals surface area contributed by atoms with Crippen molar-refractivity contribution in [1.29, 1.82) is 0 Å². The lowest BCUT2D eigenvalue weighted by Gasteiger charge is -2.37. The minimum Gasteiger partial charge on any atom is -0.307 e. The molecule has 0 fully saturated rings. The fraction of sp³-hybridized carbons (Fsp3) is 0.0737. The molecule has 0 aromatic heterocycles. The topological polar surface area (TPSA) is 6.48 Å². The zero-order valence-electron chi connectivity index (χ0n) is 57.3. The van der Waals surface area contributed by atoms with Crippen LogP contribution in [0.3, 0.4) is 0 Å². The first-order chi connectivity index (χ1) is 50.5. The molecule has 0 radical (unpaired) electrons. The molecule has 0 N–H and O–H groups in total. The van der Waals surface area contributed by atoms with E-state index in [1.165, 1.54) is 4.90 Å². The number of aryl methyl sites for hydroxylation is 4. The van der Waals surface area contributed by atoms with Gasteiger partial charge < -0.3 is 9.80 Å². The van der Waals surface area contributed by atoms with Crippen LogP contribution in [0.5, 0.6) is 0 Å². The number of halogens is 6. The highest BCUT2D eigenvalue weighted by Crippen LogP contribution is 2.66. The third-order valence-corrected chi connectivity index (χ3v) is 22.9. The SMILES string of the molecule is C=Cc1ccc(C2(c3cc(C)ccc3C)c3ccccc3-c3ccc(N(c4ccc5c(c4)C4(c6ccccc6-5)c5ccccc5-c5ccc(N(c6ccc7c(c6)C(c6ccc(C=C)cc6)(c6cc(C)ccc6C)c6ccccc6-7)c6c(F)c(F)cc(P)c6F)cc54)c4cc(F)cc(F)c4F)cc32)cc1. The summed E-state index contributed by atoms with van der Waals surface area (Å²) in [7, 11) is 2.27. The lowest BCUT2D eigenvalue weighted by molar-refractivity contribution is 0.496. The van der Waals surface area contributed by atoms with Crippen molar-refractivity contribution < 1.29 is 26.3 Å². The molecule has 0 saturated heterocycles. The predicted octanol–water partition coefficient (Wildman–Crippen LogP) is 24.6. The zero-order chi connectivity index (χ0) is 71.4. The van der Waals surface area contributed by atoms with Crippen molar-refractivity contribution in [3.8, 4) is 44.5 Å². The van der Waals surface area contributed by atoms with Crippen LogP contribution in [0, 0.1) is 62.6 Å². The molecule has 0 aliphatic heterocycles. The molecule has 2 nitrogen and oxygen atoms in total. The van der Waals surface area contributed by atoms with Gasteiger partial charge in [0, 0.05) is 40.2 Å². The summed E-state index contributed by atoms with van der Waals surface area (Å²) in [4.78, 5) is 3.13. The van der Waals surface area contributed by atoms with Gasteiger partial charge in [-0.1, -0.05) is 243 Å². The lowest BCUT2D eigenvalue weighted by Crippen LogP contribution is -2.30. The fourth-order valence-corrected chi connectivity index (χ4v) is 18.4.